The Morgan fingerprint density at radius 3 is 2.32 bits per heavy atom. The molecule has 2 N–H and O–H groups in total. The number of aliphatic carboxylic acids is 1. The number of carbonyl (C=O) groups is 1. The highest BCUT2D eigenvalue weighted by molar-refractivity contribution is 7.88. The number of carboxylic acid groups (broad SMARTS) is 1. The van der Waals surface area contributed by atoms with E-state index in [1.54, 1.807) is 0 Å². The van der Waals surface area contributed by atoms with Gasteiger partial charge >= 0.3 is 5.97 Å². The Bertz CT molecular complexity index is 540. The second-order valence-corrected chi connectivity index (χ2v) is 6.61. The van der Waals surface area contributed by atoms with Crippen molar-refractivity contribution in [3.63, 3.8) is 0 Å². The summed E-state index contributed by atoms with van der Waals surface area (Å²) in [4.78, 5) is 10.3. The van der Waals surface area contributed by atoms with Crippen LogP contribution in [-0.4, -0.2) is 26.0 Å². The second kappa shape index (κ2) is 7.09. The van der Waals surface area contributed by atoms with Crippen LogP contribution in [0.5, 0.6) is 0 Å². The Hall–Kier alpha value is -0.820. The lowest BCUT2D eigenvalue weighted by Gasteiger charge is -2.07. The Morgan fingerprint density at radius 1 is 1.21 bits per heavy atom. The molecule has 0 aliphatic heterocycles. The molecule has 0 fully saturated rings. The summed E-state index contributed by atoms with van der Waals surface area (Å²) in [6.07, 6.45) is 0.163. The van der Waals surface area contributed by atoms with Crippen molar-refractivity contribution in [1.82, 2.24) is 4.72 Å². The van der Waals surface area contributed by atoms with Gasteiger partial charge in [0.15, 0.2) is 0 Å². The third-order valence-electron chi connectivity index (χ3n) is 2.17. The summed E-state index contributed by atoms with van der Waals surface area (Å²) in [5.74, 6) is -1.21. The topological polar surface area (TPSA) is 83.5 Å². The Labute approximate surface area is 121 Å². The fourth-order valence-electron chi connectivity index (χ4n) is 1.43. The van der Waals surface area contributed by atoms with Gasteiger partial charge in [0.05, 0.1) is 5.75 Å². The first-order valence-electron chi connectivity index (χ1n) is 5.42. The van der Waals surface area contributed by atoms with Crippen molar-refractivity contribution in [3.05, 3.63) is 33.8 Å². The van der Waals surface area contributed by atoms with Crippen LogP contribution < -0.4 is 4.72 Å². The fraction of sp³-hybridized carbons (Fsp3) is 0.364. The molecule has 106 valence electrons. The van der Waals surface area contributed by atoms with Crippen molar-refractivity contribution < 1.29 is 18.3 Å². The largest absolute Gasteiger partial charge is 0.481 e. The predicted octanol–water partition coefficient (Wildman–Crippen LogP) is 2.28. The van der Waals surface area contributed by atoms with Gasteiger partial charge in [0.1, 0.15) is 0 Å². The molecule has 0 aliphatic rings. The number of rotatable bonds is 7. The molecule has 0 bridgehead atoms. The summed E-state index contributed by atoms with van der Waals surface area (Å²) in [5, 5.41) is 9.16. The summed E-state index contributed by atoms with van der Waals surface area (Å²) in [5.41, 5.74) is 0.475. The van der Waals surface area contributed by atoms with E-state index in [9.17, 15) is 13.2 Å². The van der Waals surface area contributed by atoms with E-state index in [4.69, 9.17) is 28.3 Å². The maximum absolute atomic E-state index is 11.7. The van der Waals surface area contributed by atoms with Crippen molar-refractivity contribution >= 4 is 39.2 Å². The van der Waals surface area contributed by atoms with Crippen LogP contribution in [0.2, 0.25) is 10.0 Å². The molecule has 1 rings (SSSR count). The number of carboxylic acids is 1. The van der Waals surface area contributed by atoms with E-state index >= 15 is 0 Å². The molecule has 0 amide bonds. The predicted molar refractivity (Wildman–Crippen MR) is 74.0 cm³/mol. The lowest BCUT2D eigenvalue weighted by atomic mass is 10.2. The molecule has 0 aliphatic carbocycles. The number of nitrogens with one attached hydrogen (secondary N) is 1. The van der Waals surface area contributed by atoms with Gasteiger partial charge < -0.3 is 5.11 Å². The standard InChI is InChI=1S/C11H13Cl2NO4S/c12-9-4-8(5-10(13)6-9)7-19(17,18)14-3-1-2-11(15)16/h4-6,14H,1-3,7H2,(H,15,16). The van der Waals surface area contributed by atoms with E-state index < -0.39 is 16.0 Å². The lowest BCUT2D eigenvalue weighted by Crippen LogP contribution is -2.26. The first kappa shape index (κ1) is 16.2. The van der Waals surface area contributed by atoms with Gasteiger partial charge in [-0.25, -0.2) is 13.1 Å². The van der Waals surface area contributed by atoms with E-state index in [0.717, 1.165) is 0 Å². The van der Waals surface area contributed by atoms with Gasteiger partial charge in [-0.1, -0.05) is 23.2 Å². The fourth-order valence-corrected chi connectivity index (χ4v) is 3.17. The van der Waals surface area contributed by atoms with E-state index in [2.05, 4.69) is 4.72 Å². The first-order valence-corrected chi connectivity index (χ1v) is 7.83. The summed E-state index contributed by atoms with van der Waals surface area (Å²) < 4.78 is 25.8. The maximum Gasteiger partial charge on any atom is 0.303 e. The number of hydrogen-bond donors (Lipinski definition) is 2. The van der Waals surface area contributed by atoms with Crippen LogP contribution in [0.25, 0.3) is 0 Å². The first-order chi connectivity index (χ1) is 8.78. The summed E-state index contributed by atoms with van der Waals surface area (Å²) in [6, 6.07) is 4.55. The number of sulfonamides is 1. The zero-order valence-corrected chi connectivity index (χ0v) is 12.2. The van der Waals surface area contributed by atoms with Crippen molar-refractivity contribution in [2.45, 2.75) is 18.6 Å². The van der Waals surface area contributed by atoms with Gasteiger partial charge in [0.25, 0.3) is 0 Å². The molecule has 0 saturated carbocycles. The Balaban J connectivity index is 2.56. The zero-order valence-electron chi connectivity index (χ0n) is 9.90. The van der Waals surface area contributed by atoms with Crippen LogP contribution in [0, 0.1) is 0 Å². The van der Waals surface area contributed by atoms with Gasteiger partial charge in [-0.2, -0.15) is 0 Å². The molecule has 0 saturated heterocycles. The maximum atomic E-state index is 11.7. The molecule has 1 aromatic rings. The van der Waals surface area contributed by atoms with Crippen LogP contribution in [0.15, 0.2) is 18.2 Å². The number of hydrogen-bond acceptors (Lipinski definition) is 3. The summed E-state index contributed by atoms with van der Waals surface area (Å²) in [6.45, 7) is 0.0862. The van der Waals surface area contributed by atoms with Crippen molar-refractivity contribution in [2.75, 3.05) is 6.54 Å². The highest BCUT2D eigenvalue weighted by Crippen LogP contribution is 2.20. The Morgan fingerprint density at radius 2 is 1.79 bits per heavy atom. The lowest BCUT2D eigenvalue weighted by molar-refractivity contribution is -0.137. The molecule has 1 aromatic carbocycles. The molecule has 0 spiro atoms. The van der Waals surface area contributed by atoms with Crippen molar-refractivity contribution in [3.8, 4) is 0 Å². The average molecular weight is 326 g/mol. The molecule has 0 radical (unpaired) electrons. The van der Waals surface area contributed by atoms with E-state index in [0.29, 0.717) is 15.6 Å². The van der Waals surface area contributed by atoms with Gasteiger partial charge in [0.2, 0.25) is 10.0 Å². The van der Waals surface area contributed by atoms with Crippen LogP contribution in [0.3, 0.4) is 0 Å². The van der Waals surface area contributed by atoms with Gasteiger partial charge in [-0.05, 0) is 30.2 Å². The summed E-state index contributed by atoms with van der Waals surface area (Å²) in [7, 11) is -3.53. The van der Waals surface area contributed by atoms with Crippen LogP contribution >= 0.6 is 23.2 Å². The van der Waals surface area contributed by atoms with Crippen molar-refractivity contribution in [2.24, 2.45) is 0 Å². The monoisotopic (exact) mass is 325 g/mol. The zero-order chi connectivity index (χ0) is 14.5. The molecule has 0 aromatic heterocycles. The normalized spacial score (nSPS) is 11.5. The third-order valence-corrected chi connectivity index (χ3v) is 3.96. The van der Waals surface area contributed by atoms with Gasteiger partial charge in [-0.15, -0.1) is 0 Å². The molecule has 0 unspecified atom stereocenters. The number of halogens is 2. The average Bonchev–Trinajstić information content (AvgIpc) is 2.22. The molecule has 8 heteroatoms. The summed E-state index contributed by atoms with van der Waals surface area (Å²) >= 11 is 11.6. The third kappa shape index (κ3) is 6.77. The Kier molecular flexibility index (Phi) is 6.06. The van der Waals surface area contributed by atoms with E-state index in [1.165, 1.54) is 18.2 Å². The molecular weight excluding hydrogens is 313 g/mol. The molecule has 19 heavy (non-hydrogen) atoms. The second-order valence-electron chi connectivity index (χ2n) is 3.93. The SMILES string of the molecule is O=C(O)CCCNS(=O)(=O)Cc1cc(Cl)cc(Cl)c1. The highest BCUT2D eigenvalue weighted by atomic mass is 35.5. The molecular formula is C11H13Cl2NO4S. The smallest absolute Gasteiger partial charge is 0.303 e. The number of benzene rings is 1. The quantitative estimate of drug-likeness (QED) is 0.753. The van der Waals surface area contributed by atoms with Crippen molar-refractivity contribution in [1.29, 1.82) is 0 Å². The molecule has 0 atom stereocenters. The van der Waals surface area contributed by atoms with Gasteiger partial charge in [-0.3, -0.25) is 4.79 Å². The minimum Gasteiger partial charge on any atom is -0.481 e. The van der Waals surface area contributed by atoms with E-state index in [1.807, 2.05) is 0 Å². The highest BCUT2D eigenvalue weighted by Gasteiger charge is 2.12. The van der Waals surface area contributed by atoms with Crippen LogP contribution in [-0.2, 0) is 20.6 Å². The minimum atomic E-state index is -3.53. The van der Waals surface area contributed by atoms with E-state index in [-0.39, 0.29) is 25.1 Å². The minimum absolute atomic E-state index is 0.0779. The van der Waals surface area contributed by atoms with Crippen LogP contribution in [0.1, 0.15) is 18.4 Å². The van der Waals surface area contributed by atoms with Gasteiger partial charge in [0, 0.05) is 23.0 Å². The molecule has 0 heterocycles. The van der Waals surface area contributed by atoms with Crippen LogP contribution in [0.4, 0.5) is 0 Å². The molecule has 5 nitrogen and oxygen atoms in total.